The van der Waals surface area contributed by atoms with Crippen LogP contribution in [-0.2, 0) is 27.2 Å². The lowest BCUT2D eigenvalue weighted by atomic mass is 9.99. The van der Waals surface area contributed by atoms with Crippen LogP contribution in [0.5, 0.6) is 11.5 Å². The number of aliphatic hydroxyl groups excluding tert-OH is 1. The Bertz CT molecular complexity index is 2680. The van der Waals surface area contributed by atoms with Gasteiger partial charge in [-0.15, -0.1) is 0 Å². The third kappa shape index (κ3) is 12.4. The zero-order chi connectivity index (χ0) is 46.6. The van der Waals surface area contributed by atoms with Gasteiger partial charge in [-0.25, -0.2) is 4.79 Å². The molecule has 5 aromatic carbocycles. The molecule has 7 rings (SSSR count). The third-order valence-corrected chi connectivity index (χ3v) is 12.0. The zero-order valence-corrected chi connectivity index (χ0v) is 37.6. The average Bonchev–Trinajstić information content (AvgIpc) is 3.33. The molecular weight excluding hydrogens is 837 g/mol. The van der Waals surface area contributed by atoms with Crippen LogP contribution in [0.4, 0.5) is 21.9 Å². The number of fused-ring (bicyclic) bond motifs is 1. The summed E-state index contributed by atoms with van der Waals surface area (Å²) in [7, 11) is 3.36. The molecule has 6 aromatic rings. The number of nitrogens with one attached hydrogen (secondary N) is 4. The number of hydrogen-bond donors (Lipinski definition) is 6. The minimum Gasteiger partial charge on any atom is -0.506 e. The molecule has 1 fully saturated rings. The fraction of sp³-hybridized carbons (Fsp3) is 0.308. The molecule has 2 amide bonds. The van der Waals surface area contributed by atoms with Crippen molar-refractivity contribution in [1.29, 1.82) is 0 Å². The van der Waals surface area contributed by atoms with Crippen LogP contribution in [0.15, 0.2) is 126 Å². The second-order valence-electron chi connectivity index (χ2n) is 16.8. The van der Waals surface area contributed by atoms with Gasteiger partial charge < -0.3 is 45.1 Å². The van der Waals surface area contributed by atoms with Gasteiger partial charge in [-0.3, -0.25) is 19.7 Å². The Morgan fingerprint density at radius 1 is 0.909 bits per heavy atom. The van der Waals surface area contributed by atoms with Gasteiger partial charge >= 0.3 is 6.09 Å². The fourth-order valence-corrected chi connectivity index (χ4v) is 8.36. The number of phenolic OH excluding ortho intramolecular Hbond substituents is 1. The molecule has 1 unspecified atom stereocenters. The highest BCUT2D eigenvalue weighted by Crippen LogP contribution is 2.30. The summed E-state index contributed by atoms with van der Waals surface area (Å²) in [6.45, 7) is 4.35. The van der Waals surface area contributed by atoms with Gasteiger partial charge in [0.2, 0.25) is 11.5 Å². The zero-order valence-electron chi connectivity index (χ0n) is 37.6. The number of H-pyrrole nitrogens is 1. The number of Topliss-reactive ketones (excluding diaryl/α,β-unsaturated/α-hetero) is 1. The minimum atomic E-state index is -0.901. The number of methoxy groups -OCH3 is 1. The van der Waals surface area contributed by atoms with Crippen LogP contribution in [0, 0.1) is 0 Å². The number of anilines is 3. The molecule has 1 aliphatic rings. The Balaban J connectivity index is 0.831. The normalized spacial score (nSPS) is 14.0. The molecule has 0 bridgehead atoms. The van der Waals surface area contributed by atoms with Crippen molar-refractivity contribution in [2.75, 3.05) is 62.4 Å². The number of rotatable bonds is 19. The number of ketones is 1. The maximum absolute atomic E-state index is 13.3. The van der Waals surface area contributed by atoms with E-state index in [0.717, 1.165) is 41.0 Å². The predicted molar refractivity (Wildman–Crippen MR) is 258 cm³/mol. The first kappa shape index (κ1) is 47.0. The van der Waals surface area contributed by atoms with Gasteiger partial charge in [0.1, 0.15) is 17.6 Å². The summed E-state index contributed by atoms with van der Waals surface area (Å²) < 4.78 is 11.4. The number of aromatic nitrogens is 1. The Kier molecular flexibility index (Phi) is 15.8. The van der Waals surface area contributed by atoms with E-state index in [2.05, 4.69) is 25.8 Å². The second-order valence-corrected chi connectivity index (χ2v) is 16.8. The van der Waals surface area contributed by atoms with Gasteiger partial charge in [-0.1, -0.05) is 72.8 Å². The summed E-state index contributed by atoms with van der Waals surface area (Å²) in [4.78, 5) is 57.7. The van der Waals surface area contributed by atoms with E-state index in [-0.39, 0.29) is 60.2 Å². The van der Waals surface area contributed by atoms with E-state index in [1.807, 2.05) is 104 Å². The number of ether oxygens (including phenoxy) is 2. The van der Waals surface area contributed by atoms with E-state index < -0.39 is 12.2 Å². The Hall–Kier alpha value is -7.00. The summed E-state index contributed by atoms with van der Waals surface area (Å²) >= 11 is 0. The van der Waals surface area contributed by atoms with Gasteiger partial charge in [0, 0.05) is 80.5 Å². The number of nitrogens with zero attached hydrogens (tertiary/aromatic N) is 2. The quantitative estimate of drug-likeness (QED) is 0.0475. The van der Waals surface area contributed by atoms with Gasteiger partial charge in [0.05, 0.1) is 31.0 Å². The van der Waals surface area contributed by atoms with Crippen molar-refractivity contribution in [3.8, 4) is 22.6 Å². The molecule has 1 saturated heterocycles. The highest BCUT2D eigenvalue weighted by molar-refractivity contribution is 5.94. The maximum atomic E-state index is 13.3. The highest BCUT2D eigenvalue weighted by atomic mass is 16.6. The molecule has 6 N–H and O–H groups in total. The number of pyridine rings is 1. The van der Waals surface area contributed by atoms with Crippen molar-refractivity contribution in [3.05, 3.63) is 148 Å². The molecule has 0 saturated carbocycles. The first-order valence-electron chi connectivity index (χ1n) is 22.3. The lowest BCUT2D eigenvalue weighted by Gasteiger charge is -2.31. The topological polar surface area (TPSA) is 186 Å². The van der Waals surface area contributed by atoms with Crippen molar-refractivity contribution in [2.24, 2.45) is 0 Å². The van der Waals surface area contributed by atoms with Gasteiger partial charge in [0.25, 0.3) is 0 Å². The van der Waals surface area contributed by atoms with Gasteiger partial charge in [0.15, 0.2) is 5.78 Å². The molecule has 0 radical (unpaired) electrons. The number of aromatic hydroxyl groups is 1. The number of aliphatic hydroxyl groups is 1. The van der Waals surface area contributed by atoms with Crippen LogP contribution in [-0.4, -0.2) is 96.9 Å². The molecule has 0 aliphatic carbocycles. The maximum Gasteiger partial charge on any atom is 0.411 e. The Morgan fingerprint density at radius 3 is 2.47 bits per heavy atom. The largest absolute Gasteiger partial charge is 0.506 e. The molecule has 344 valence electrons. The van der Waals surface area contributed by atoms with Crippen LogP contribution in [0.2, 0.25) is 0 Å². The number of amides is 2. The Labute approximate surface area is 384 Å². The standard InChI is InChI=1S/C52H58N6O8/c1-34(53-33-47(61)43-17-19-46(60)51-44(43)18-21-49(62)56-51)28-37-29-35(16-20-48(37)65-3)30-40(59)32-54-38-12-9-13-39(31-38)57(2)50(63)24-27-58-25-22-41(23-26-58)66-52(64)55-45-15-8-7-14-42(45)36-10-5-4-6-11-36/h4-21,29,31,34,41,47,53-54,60-61H,22-28,30,32-33H2,1-3H3,(H,55,64)(H,56,62)/t34?,47-/m0/s1. The molecular formula is C52H58N6O8. The van der Waals surface area contributed by atoms with E-state index >= 15 is 0 Å². The number of benzene rings is 5. The van der Waals surface area contributed by atoms with Crippen LogP contribution in [0.25, 0.3) is 22.0 Å². The molecule has 2 heterocycles. The molecule has 14 nitrogen and oxygen atoms in total. The van der Waals surface area contributed by atoms with Crippen molar-refractivity contribution < 1.29 is 34.1 Å². The fourth-order valence-electron chi connectivity index (χ4n) is 8.36. The number of carbonyl (C=O) groups is 3. The number of phenols is 1. The van der Waals surface area contributed by atoms with E-state index in [1.54, 1.807) is 31.2 Å². The summed E-state index contributed by atoms with van der Waals surface area (Å²) in [6, 6.07) is 36.7. The van der Waals surface area contributed by atoms with Crippen LogP contribution < -0.4 is 31.1 Å². The summed E-state index contributed by atoms with van der Waals surface area (Å²) in [5.74, 6) is 0.586. The summed E-state index contributed by atoms with van der Waals surface area (Å²) in [5, 5.41) is 31.3. The van der Waals surface area contributed by atoms with Crippen molar-refractivity contribution in [3.63, 3.8) is 0 Å². The Morgan fingerprint density at radius 2 is 1.68 bits per heavy atom. The number of likely N-dealkylation sites (tertiary alicyclic amines) is 1. The minimum absolute atomic E-state index is 0.0130. The summed E-state index contributed by atoms with van der Waals surface area (Å²) in [5.41, 5.74) is 6.34. The molecule has 2 atom stereocenters. The third-order valence-electron chi connectivity index (χ3n) is 12.0. The number of carbonyl (C=O) groups excluding carboxylic acids is 3. The SMILES string of the molecule is COc1ccc(CC(=O)CNc2cccc(N(C)C(=O)CCN3CCC(OC(=O)Nc4ccccc4-c4ccccc4)CC3)c2)cc1CC(C)NC[C@H](O)c1ccc(O)c2[nH]c(=O)ccc12. The van der Waals surface area contributed by atoms with Crippen LogP contribution in [0.1, 0.15) is 49.0 Å². The lowest BCUT2D eigenvalue weighted by molar-refractivity contribution is -0.119. The second kappa shape index (κ2) is 22.3. The van der Waals surface area contributed by atoms with Crippen molar-refractivity contribution in [1.82, 2.24) is 15.2 Å². The molecule has 66 heavy (non-hydrogen) atoms. The number of para-hydroxylation sites is 1. The van der Waals surface area contributed by atoms with E-state index in [9.17, 15) is 29.4 Å². The molecule has 0 spiro atoms. The van der Waals surface area contributed by atoms with Gasteiger partial charge in [-0.05, 0) is 90.9 Å². The van der Waals surface area contributed by atoms with E-state index in [0.29, 0.717) is 60.3 Å². The molecule has 1 aliphatic heterocycles. The van der Waals surface area contributed by atoms with Crippen LogP contribution >= 0.6 is 0 Å². The smallest absolute Gasteiger partial charge is 0.411 e. The lowest BCUT2D eigenvalue weighted by Crippen LogP contribution is -2.40. The monoisotopic (exact) mass is 894 g/mol. The first-order chi connectivity index (χ1) is 31.9. The van der Waals surface area contributed by atoms with Crippen molar-refractivity contribution >= 4 is 45.7 Å². The van der Waals surface area contributed by atoms with Crippen LogP contribution in [0.3, 0.4) is 0 Å². The number of hydrogen-bond acceptors (Lipinski definition) is 11. The number of aromatic amines is 1. The highest BCUT2D eigenvalue weighted by Gasteiger charge is 2.24. The van der Waals surface area contributed by atoms with Crippen molar-refractivity contribution in [2.45, 2.75) is 57.3 Å². The van der Waals surface area contributed by atoms with E-state index in [1.165, 1.54) is 12.1 Å². The molecule has 14 heteroatoms. The van der Waals surface area contributed by atoms with E-state index in [4.69, 9.17) is 9.47 Å². The van der Waals surface area contributed by atoms with Gasteiger partial charge in [-0.2, -0.15) is 0 Å². The molecule has 1 aromatic heterocycles. The number of piperidine rings is 1. The predicted octanol–water partition coefficient (Wildman–Crippen LogP) is 7.45. The first-order valence-corrected chi connectivity index (χ1v) is 22.3. The summed E-state index contributed by atoms with van der Waals surface area (Å²) in [6.07, 6.45) is 0.885. The average molecular weight is 895 g/mol.